The van der Waals surface area contributed by atoms with E-state index in [0.717, 1.165) is 21.3 Å². The van der Waals surface area contributed by atoms with Crippen molar-refractivity contribution in [2.24, 2.45) is 0 Å². The molecule has 2 heterocycles. The molecule has 1 aliphatic heterocycles. The average Bonchev–Trinajstić information content (AvgIpc) is 3.42. The molecule has 0 radical (unpaired) electrons. The quantitative estimate of drug-likeness (QED) is 0.194. The van der Waals surface area contributed by atoms with Crippen LogP contribution in [0.5, 0.6) is 11.5 Å². The van der Waals surface area contributed by atoms with Crippen molar-refractivity contribution < 1.29 is 24.2 Å². The number of fused-ring (bicyclic) bond motifs is 1. The van der Waals surface area contributed by atoms with E-state index in [4.69, 9.17) is 9.47 Å². The Hall–Kier alpha value is -4.17. The van der Waals surface area contributed by atoms with E-state index in [0.29, 0.717) is 34.4 Å². The van der Waals surface area contributed by atoms with Crippen molar-refractivity contribution in [1.29, 1.82) is 0 Å². The summed E-state index contributed by atoms with van der Waals surface area (Å²) in [5.41, 5.74) is 3.69. The summed E-state index contributed by atoms with van der Waals surface area (Å²) in [5.74, 6) is -0.418. The van der Waals surface area contributed by atoms with E-state index >= 15 is 0 Å². The maximum atomic E-state index is 13.5. The van der Waals surface area contributed by atoms with E-state index in [2.05, 4.69) is 4.98 Å². The Morgan fingerprint density at radius 2 is 1.81 bits per heavy atom. The van der Waals surface area contributed by atoms with Gasteiger partial charge in [-0.2, -0.15) is 0 Å². The van der Waals surface area contributed by atoms with Gasteiger partial charge in [-0.3, -0.25) is 14.5 Å². The van der Waals surface area contributed by atoms with E-state index in [1.807, 2.05) is 39.0 Å². The third-order valence-corrected chi connectivity index (χ3v) is 7.38. The van der Waals surface area contributed by atoms with Crippen LogP contribution < -0.4 is 14.4 Å². The Bertz CT molecular complexity index is 1550. The number of aliphatic hydroxyl groups is 1. The highest BCUT2D eigenvalue weighted by atomic mass is 32.1. The van der Waals surface area contributed by atoms with Crippen LogP contribution >= 0.6 is 11.3 Å². The number of aromatic nitrogens is 1. The molecule has 1 N–H and O–H groups in total. The average molecular weight is 515 g/mol. The predicted octanol–water partition coefficient (Wildman–Crippen LogP) is 5.95. The molecule has 1 atom stereocenters. The minimum atomic E-state index is -0.861. The highest BCUT2D eigenvalue weighted by Gasteiger charge is 2.48. The number of methoxy groups -OCH3 is 1. The number of Topliss-reactive ketones (excluding diaryl/α,β-unsaturated/α-hetero) is 1. The van der Waals surface area contributed by atoms with E-state index in [1.54, 1.807) is 49.6 Å². The van der Waals surface area contributed by atoms with Crippen molar-refractivity contribution in [3.63, 3.8) is 0 Å². The van der Waals surface area contributed by atoms with Crippen LogP contribution in [0.2, 0.25) is 0 Å². The summed E-state index contributed by atoms with van der Waals surface area (Å²) >= 11 is 1.34. The first-order chi connectivity index (χ1) is 17.8. The summed E-state index contributed by atoms with van der Waals surface area (Å²) in [6.07, 6.45) is 0. The number of aryl methyl sites for hydroxylation is 2. The summed E-state index contributed by atoms with van der Waals surface area (Å²) in [7, 11) is 1.57. The Labute approximate surface area is 218 Å². The van der Waals surface area contributed by atoms with E-state index < -0.39 is 17.7 Å². The van der Waals surface area contributed by atoms with Gasteiger partial charge >= 0.3 is 5.91 Å². The van der Waals surface area contributed by atoms with Crippen LogP contribution in [0.4, 0.5) is 5.13 Å². The fraction of sp³-hybridized carbons (Fsp3) is 0.207. The number of nitrogens with zero attached hydrogens (tertiary/aromatic N) is 2. The maximum absolute atomic E-state index is 13.5. The van der Waals surface area contributed by atoms with Crippen LogP contribution in [0.15, 0.2) is 66.2 Å². The fourth-order valence-electron chi connectivity index (χ4n) is 4.56. The highest BCUT2D eigenvalue weighted by molar-refractivity contribution is 7.22. The van der Waals surface area contributed by atoms with Crippen molar-refractivity contribution >= 4 is 44.1 Å². The number of amides is 1. The first kappa shape index (κ1) is 24.5. The van der Waals surface area contributed by atoms with E-state index in [9.17, 15) is 14.7 Å². The van der Waals surface area contributed by atoms with Crippen LogP contribution in [0.25, 0.3) is 16.0 Å². The smallest absolute Gasteiger partial charge is 0.301 e. The largest absolute Gasteiger partial charge is 0.507 e. The van der Waals surface area contributed by atoms with Gasteiger partial charge in [0, 0.05) is 5.56 Å². The monoisotopic (exact) mass is 514 g/mol. The summed E-state index contributed by atoms with van der Waals surface area (Å²) in [6.45, 7) is 6.25. The van der Waals surface area contributed by atoms with Gasteiger partial charge in [-0.25, -0.2) is 4.98 Å². The van der Waals surface area contributed by atoms with Crippen LogP contribution in [-0.4, -0.2) is 35.5 Å². The molecule has 1 aliphatic rings. The molecular formula is C29H26N2O5S. The van der Waals surface area contributed by atoms with Gasteiger partial charge in [-0.15, -0.1) is 0 Å². The van der Waals surface area contributed by atoms with E-state index in [1.165, 1.54) is 16.2 Å². The van der Waals surface area contributed by atoms with Gasteiger partial charge in [-0.1, -0.05) is 29.5 Å². The number of ether oxygens (including phenoxy) is 2. The number of rotatable bonds is 6. The molecule has 7 nitrogen and oxygen atoms in total. The number of carbonyl (C=O) groups excluding carboxylic acids is 2. The number of anilines is 1. The van der Waals surface area contributed by atoms with Crippen LogP contribution in [0.3, 0.4) is 0 Å². The second kappa shape index (κ2) is 9.71. The summed E-state index contributed by atoms with van der Waals surface area (Å²) in [6, 6.07) is 17.3. The number of hydrogen-bond donors (Lipinski definition) is 1. The zero-order valence-corrected chi connectivity index (χ0v) is 21.8. The second-order valence-electron chi connectivity index (χ2n) is 8.82. The SMILES string of the molecule is CCOc1ccc([C@@H]2C(=C(O)c3ccc(OC)c(C)c3)C(=O)C(=O)N2c2nc3ccc(C)cc3s2)cc1. The molecule has 0 unspecified atom stereocenters. The zero-order chi connectivity index (χ0) is 26.3. The van der Waals surface area contributed by atoms with Crippen LogP contribution in [0.1, 0.15) is 35.2 Å². The van der Waals surface area contributed by atoms with Crippen molar-refractivity contribution in [1.82, 2.24) is 4.98 Å². The van der Waals surface area contributed by atoms with Crippen molar-refractivity contribution in [3.8, 4) is 11.5 Å². The molecule has 1 saturated heterocycles. The van der Waals surface area contributed by atoms with Crippen LogP contribution in [-0.2, 0) is 9.59 Å². The first-order valence-corrected chi connectivity index (χ1v) is 12.7. The van der Waals surface area contributed by atoms with Gasteiger partial charge in [0.1, 0.15) is 17.3 Å². The van der Waals surface area contributed by atoms with Gasteiger partial charge in [-0.05, 0) is 79.9 Å². The lowest BCUT2D eigenvalue weighted by molar-refractivity contribution is -0.132. The van der Waals surface area contributed by atoms with Gasteiger partial charge in [0.05, 0.1) is 35.5 Å². The van der Waals surface area contributed by atoms with Crippen molar-refractivity contribution in [3.05, 3.63) is 88.5 Å². The summed E-state index contributed by atoms with van der Waals surface area (Å²) in [4.78, 5) is 33.0. The molecule has 3 aromatic carbocycles. The molecule has 0 aliphatic carbocycles. The normalized spacial score (nSPS) is 17.0. The fourth-order valence-corrected chi connectivity index (χ4v) is 5.65. The minimum Gasteiger partial charge on any atom is -0.507 e. The topological polar surface area (TPSA) is 89.0 Å². The second-order valence-corrected chi connectivity index (χ2v) is 9.83. The molecule has 1 fully saturated rings. The number of aliphatic hydroxyl groups excluding tert-OH is 1. The number of carbonyl (C=O) groups is 2. The lowest BCUT2D eigenvalue weighted by Gasteiger charge is -2.23. The maximum Gasteiger partial charge on any atom is 0.301 e. The molecule has 1 amide bonds. The Kier molecular flexibility index (Phi) is 6.43. The van der Waals surface area contributed by atoms with Crippen molar-refractivity contribution in [2.75, 3.05) is 18.6 Å². The summed E-state index contributed by atoms with van der Waals surface area (Å²) < 4.78 is 11.8. The lowest BCUT2D eigenvalue weighted by Crippen LogP contribution is -2.29. The third kappa shape index (κ3) is 4.34. The highest BCUT2D eigenvalue weighted by Crippen LogP contribution is 2.44. The molecule has 0 spiro atoms. The number of hydrogen-bond acceptors (Lipinski definition) is 7. The predicted molar refractivity (Wildman–Crippen MR) is 144 cm³/mol. The molecule has 8 heteroatoms. The van der Waals surface area contributed by atoms with Gasteiger partial charge in [0.2, 0.25) is 0 Å². The summed E-state index contributed by atoms with van der Waals surface area (Å²) in [5, 5.41) is 11.8. The Morgan fingerprint density at radius 3 is 2.49 bits per heavy atom. The molecule has 37 heavy (non-hydrogen) atoms. The van der Waals surface area contributed by atoms with Crippen molar-refractivity contribution in [2.45, 2.75) is 26.8 Å². The molecule has 4 aromatic rings. The number of thiazole rings is 1. The first-order valence-electron chi connectivity index (χ1n) is 11.9. The Morgan fingerprint density at radius 1 is 1.05 bits per heavy atom. The molecule has 0 bridgehead atoms. The van der Waals surface area contributed by atoms with Gasteiger partial charge in [0.25, 0.3) is 5.78 Å². The van der Waals surface area contributed by atoms with Gasteiger partial charge in [0.15, 0.2) is 5.13 Å². The molecular weight excluding hydrogens is 488 g/mol. The van der Waals surface area contributed by atoms with E-state index in [-0.39, 0.29) is 11.3 Å². The zero-order valence-electron chi connectivity index (χ0n) is 20.9. The number of benzene rings is 3. The number of ketones is 1. The molecule has 5 rings (SSSR count). The van der Waals surface area contributed by atoms with Crippen LogP contribution in [0, 0.1) is 13.8 Å². The lowest BCUT2D eigenvalue weighted by atomic mass is 9.95. The molecule has 188 valence electrons. The third-order valence-electron chi connectivity index (χ3n) is 6.36. The molecule has 1 aromatic heterocycles. The minimum absolute atomic E-state index is 0.00848. The Balaban J connectivity index is 1.70. The molecule has 0 saturated carbocycles. The van der Waals surface area contributed by atoms with Gasteiger partial charge < -0.3 is 14.6 Å². The standard InChI is InChI=1S/C29H26N2O5S/c1-5-36-20-10-7-18(8-11-20)25-24(26(32)19-9-13-22(35-4)17(3)15-19)27(33)28(34)31(25)29-30-21-12-6-16(2)14-23(21)37-29/h6-15,25,32H,5H2,1-4H3/t25-/m1/s1.